The van der Waals surface area contributed by atoms with E-state index >= 15 is 0 Å². The summed E-state index contributed by atoms with van der Waals surface area (Å²) in [5.74, 6) is 0.194. The first kappa shape index (κ1) is 19.5. The van der Waals surface area contributed by atoms with Crippen molar-refractivity contribution in [3.63, 3.8) is 0 Å². The minimum atomic E-state index is -0.248. The number of pyridine rings is 1. The van der Waals surface area contributed by atoms with Crippen molar-refractivity contribution in [2.75, 3.05) is 13.1 Å². The first-order valence-corrected chi connectivity index (χ1v) is 9.32. The Labute approximate surface area is 164 Å². The Balaban J connectivity index is 1.57. The molecule has 0 fully saturated rings. The normalized spacial score (nSPS) is 12.7. The summed E-state index contributed by atoms with van der Waals surface area (Å²) in [6.45, 7) is 3.20. The average molecular weight is 380 g/mol. The van der Waals surface area contributed by atoms with Crippen LogP contribution in [-0.4, -0.2) is 34.0 Å². The lowest BCUT2D eigenvalue weighted by Crippen LogP contribution is -2.33. The van der Waals surface area contributed by atoms with Crippen molar-refractivity contribution in [2.45, 2.75) is 25.7 Å². The third-order valence-corrected chi connectivity index (χ3v) is 4.62. The number of H-pyrrole nitrogens is 1. The Kier molecular flexibility index (Phi) is 6.73. The maximum Gasteiger partial charge on any atom is 0.188 e. The van der Waals surface area contributed by atoms with Crippen molar-refractivity contribution < 1.29 is 4.39 Å². The molecule has 0 aliphatic heterocycles. The number of aromatic amines is 1. The van der Waals surface area contributed by atoms with Crippen LogP contribution >= 0.6 is 0 Å². The third kappa shape index (κ3) is 5.39. The first-order valence-electron chi connectivity index (χ1n) is 9.32. The second-order valence-corrected chi connectivity index (χ2v) is 6.57. The van der Waals surface area contributed by atoms with Gasteiger partial charge in [-0.3, -0.25) is 9.98 Å². The van der Waals surface area contributed by atoms with E-state index in [-0.39, 0.29) is 11.7 Å². The fraction of sp³-hybridized carbons (Fsp3) is 0.286. The van der Waals surface area contributed by atoms with Crippen LogP contribution in [0.1, 0.15) is 35.0 Å². The molecular formula is C21H25FN6. The van der Waals surface area contributed by atoms with Gasteiger partial charge in [0.1, 0.15) is 5.82 Å². The minimum absolute atomic E-state index is 0.0325. The van der Waals surface area contributed by atoms with Crippen LogP contribution in [0.2, 0.25) is 0 Å². The van der Waals surface area contributed by atoms with Gasteiger partial charge in [0.05, 0.1) is 12.0 Å². The summed E-state index contributed by atoms with van der Waals surface area (Å²) in [7, 11) is 0. The monoisotopic (exact) mass is 380 g/mol. The van der Waals surface area contributed by atoms with Crippen LogP contribution in [0.15, 0.2) is 60.0 Å². The summed E-state index contributed by atoms with van der Waals surface area (Å²) < 4.78 is 13.3. The van der Waals surface area contributed by atoms with E-state index in [0.717, 1.165) is 35.5 Å². The van der Waals surface area contributed by atoms with Gasteiger partial charge in [0.25, 0.3) is 0 Å². The molecule has 0 bridgehead atoms. The molecule has 3 rings (SSSR count). The number of aliphatic imine (C=N–C) groups is 1. The van der Waals surface area contributed by atoms with Gasteiger partial charge in [-0.15, -0.1) is 0 Å². The molecule has 6 nitrogen and oxygen atoms in total. The number of guanidine groups is 1. The number of imidazole rings is 1. The Hall–Kier alpha value is -3.22. The van der Waals surface area contributed by atoms with Crippen molar-refractivity contribution in [1.29, 1.82) is 0 Å². The van der Waals surface area contributed by atoms with Gasteiger partial charge in [-0.25, -0.2) is 9.37 Å². The summed E-state index contributed by atoms with van der Waals surface area (Å²) in [6, 6.07) is 12.4. The van der Waals surface area contributed by atoms with E-state index in [4.69, 9.17) is 5.73 Å². The lowest BCUT2D eigenvalue weighted by atomic mass is 9.92. The zero-order valence-corrected chi connectivity index (χ0v) is 15.9. The third-order valence-electron chi connectivity index (χ3n) is 4.62. The molecule has 0 spiro atoms. The first-order chi connectivity index (χ1) is 13.6. The Morgan fingerprint density at radius 2 is 2.04 bits per heavy atom. The average Bonchev–Trinajstić information content (AvgIpc) is 3.12. The van der Waals surface area contributed by atoms with Gasteiger partial charge in [-0.2, -0.15) is 0 Å². The van der Waals surface area contributed by atoms with Crippen molar-refractivity contribution in [2.24, 2.45) is 10.7 Å². The molecule has 7 heteroatoms. The van der Waals surface area contributed by atoms with Crippen LogP contribution in [0.4, 0.5) is 4.39 Å². The molecule has 2 aromatic heterocycles. The van der Waals surface area contributed by atoms with Gasteiger partial charge in [0.2, 0.25) is 0 Å². The number of halogens is 1. The Bertz CT molecular complexity index is 889. The van der Waals surface area contributed by atoms with Crippen molar-refractivity contribution in [1.82, 2.24) is 20.3 Å². The lowest BCUT2D eigenvalue weighted by Gasteiger charge is -2.16. The molecule has 3 aromatic rings. The molecule has 0 aliphatic rings. The van der Waals surface area contributed by atoms with Crippen LogP contribution < -0.4 is 11.1 Å². The van der Waals surface area contributed by atoms with Crippen molar-refractivity contribution in [3.8, 4) is 0 Å². The molecule has 0 saturated carbocycles. The number of nitrogens with two attached hydrogens (primary N) is 1. The highest BCUT2D eigenvalue weighted by Gasteiger charge is 2.15. The molecule has 4 N–H and O–H groups in total. The van der Waals surface area contributed by atoms with E-state index in [1.807, 2.05) is 25.1 Å². The molecule has 28 heavy (non-hydrogen) atoms. The standard InChI is InChI=1S/C21H25FN6/c1-15-19(28-14-27-15)10-13-26-21(23)25-12-9-18(20-4-2-3-11-24-20)16-5-7-17(22)8-6-16/h2-8,11,14,18H,9-10,12-13H2,1H3,(H,27,28)(H3,23,25,26). The number of aryl methyl sites for hydroxylation is 1. The molecule has 0 aliphatic carbocycles. The van der Waals surface area contributed by atoms with Crippen LogP contribution in [0, 0.1) is 12.7 Å². The summed E-state index contributed by atoms with van der Waals surface area (Å²) >= 11 is 0. The zero-order valence-electron chi connectivity index (χ0n) is 15.9. The zero-order chi connectivity index (χ0) is 19.8. The Morgan fingerprint density at radius 3 is 2.71 bits per heavy atom. The highest BCUT2D eigenvalue weighted by atomic mass is 19.1. The fourth-order valence-electron chi connectivity index (χ4n) is 3.08. The molecule has 1 unspecified atom stereocenters. The molecule has 0 saturated heterocycles. The fourth-order valence-corrected chi connectivity index (χ4v) is 3.08. The number of aromatic nitrogens is 3. The van der Waals surface area contributed by atoms with Gasteiger partial charge in [-0.1, -0.05) is 18.2 Å². The highest BCUT2D eigenvalue weighted by molar-refractivity contribution is 5.77. The van der Waals surface area contributed by atoms with Gasteiger partial charge < -0.3 is 16.0 Å². The van der Waals surface area contributed by atoms with Crippen LogP contribution in [-0.2, 0) is 6.42 Å². The van der Waals surface area contributed by atoms with Gasteiger partial charge >= 0.3 is 0 Å². The smallest absolute Gasteiger partial charge is 0.188 e. The van der Waals surface area contributed by atoms with Crippen LogP contribution in [0.3, 0.4) is 0 Å². The second kappa shape index (κ2) is 9.64. The van der Waals surface area contributed by atoms with E-state index in [0.29, 0.717) is 19.0 Å². The topological polar surface area (TPSA) is 92.0 Å². The molecular weight excluding hydrogens is 355 g/mol. The molecule has 2 heterocycles. The summed E-state index contributed by atoms with van der Waals surface area (Å²) in [4.78, 5) is 16.2. The predicted octanol–water partition coefficient (Wildman–Crippen LogP) is 2.92. The lowest BCUT2D eigenvalue weighted by molar-refractivity contribution is 0.624. The van der Waals surface area contributed by atoms with Gasteiger partial charge in [-0.05, 0) is 43.2 Å². The molecule has 146 valence electrons. The van der Waals surface area contributed by atoms with Crippen molar-refractivity contribution in [3.05, 3.63) is 83.5 Å². The number of nitrogens with zero attached hydrogens (tertiary/aromatic N) is 3. The highest BCUT2D eigenvalue weighted by Crippen LogP contribution is 2.26. The number of nitrogens with one attached hydrogen (secondary N) is 2. The number of hydrogen-bond acceptors (Lipinski definition) is 3. The van der Waals surface area contributed by atoms with Crippen LogP contribution in [0.25, 0.3) is 0 Å². The number of hydrogen-bond donors (Lipinski definition) is 3. The van der Waals surface area contributed by atoms with E-state index in [2.05, 4.69) is 25.3 Å². The van der Waals surface area contributed by atoms with Crippen LogP contribution in [0.5, 0.6) is 0 Å². The van der Waals surface area contributed by atoms with E-state index in [1.165, 1.54) is 12.1 Å². The molecule has 0 radical (unpaired) electrons. The quantitative estimate of drug-likeness (QED) is 0.414. The SMILES string of the molecule is Cc1[nH]cnc1CCNC(N)=NCCC(c1ccc(F)cc1)c1ccccn1. The van der Waals surface area contributed by atoms with E-state index in [9.17, 15) is 4.39 Å². The van der Waals surface area contributed by atoms with E-state index in [1.54, 1.807) is 24.7 Å². The largest absolute Gasteiger partial charge is 0.370 e. The molecule has 1 aromatic carbocycles. The maximum absolute atomic E-state index is 13.3. The second-order valence-electron chi connectivity index (χ2n) is 6.57. The predicted molar refractivity (Wildman–Crippen MR) is 109 cm³/mol. The number of benzene rings is 1. The summed E-state index contributed by atoms with van der Waals surface area (Å²) in [6.07, 6.45) is 4.96. The summed E-state index contributed by atoms with van der Waals surface area (Å²) in [5, 5.41) is 3.12. The van der Waals surface area contributed by atoms with E-state index < -0.39 is 0 Å². The molecule has 0 amide bonds. The maximum atomic E-state index is 13.3. The van der Waals surface area contributed by atoms with Crippen molar-refractivity contribution >= 4 is 5.96 Å². The van der Waals surface area contributed by atoms with Gasteiger partial charge in [0, 0.05) is 43.0 Å². The minimum Gasteiger partial charge on any atom is -0.370 e. The number of rotatable bonds is 8. The summed E-state index contributed by atoms with van der Waals surface area (Å²) in [5.41, 5.74) is 10.0. The molecule has 1 atom stereocenters. The Morgan fingerprint density at radius 1 is 1.21 bits per heavy atom. The van der Waals surface area contributed by atoms with Gasteiger partial charge in [0.15, 0.2) is 5.96 Å².